The lowest BCUT2D eigenvalue weighted by Crippen LogP contribution is -2.09. The molecule has 0 spiro atoms. The van der Waals surface area contributed by atoms with Crippen LogP contribution in [-0.2, 0) is 12.7 Å². The van der Waals surface area contributed by atoms with Gasteiger partial charge >= 0.3 is 6.18 Å². The molecule has 3 aromatic carbocycles. The lowest BCUT2D eigenvalue weighted by atomic mass is 10.1. The normalized spacial score (nSPS) is 11.3. The number of alkyl halides is 3. The Morgan fingerprint density at radius 1 is 0.837 bits per heavy atom. The van der Waals surface area contributed by atoms with Crippen LogP contribution in [-0.4, -0.2) is 54.9 Å². The largest absolute Gasteiger partial charge is 0.493 e. The predicted molar refractivity (Wildman–Crippen MR) is 159 cm³/mol. The first kappa shape index (κ1) is 29.3. The summed E-state index contributed by atoms with van der Waals surface area (Å²) in [6, 6.07) is 16.2. The lowest BCUT2D eigenvalue weighted by molar-refractivity contribution is -0.137. The number of nitrogens with one attached hydrogen (secondary N) is 2. The number of hydrogen-bond donors (Lipinski definition) is 2. The number of benzene rings is 3. The van der Waals surface area contributed by atoms with Crippen molar-refractivity contribution in [2.24, 2.45) is 0 Å². The minimum Gasteiger partial charge on any atom is -0.493 e. The SMILES string of the molecule is COc1cc(Nc2nc(Nc3cccc(N(C)C)c3)nc3c2ncn3Cc2ccc(C(F)(F)F)cc2)cc(OC)c1OC. The molecule has 0 aliphatic carbocycles. The standard InChI is InChI=1S/C30H30F3N7O3/c1-39(2)22-8-6-7-20(13-22)36-29-37-27(35-21-14-23(41-3)26(43-5)24(15-21)42-4)25-28(38-29)40(17-34-25)16-18-9-11-19(12-10-18)30(31,32)33/h6-15,17H,16H2,1-5H3,(H2,35,36,37,38). The number of imidazole rings is 1. The summed E-state index contributed by atoms with van der Waals surface area (Å²) in [5.41, 5.74) is 3.19. The highest BCUT2D eigenvalue weighted by atomic mass is 19.4. The molecule has 2 heterocycles. The van der Waals surface area contributed by atoms with Crippen molar-refractivity contribution in [2.75, 3.05) is 51.0 Å². The van der Waals surface area contributed by atoms with Gasteiger partial charge in [0.15, 0.2) is 28.5 Å². The monoisotopic (exact) mass is 593 g/mol. The smallest absolute Gasteiger partial charge is 0.416 e. The number of methoxy groups -OCH3 is 3. The van der Waals surface area contributed by atoms with Gasteiger partial charge in [0.1, 0.15) is 0 Å². The summed E-state index contributed by atoms with van der Waals surface area (Å²) >= 11 is 0. The maximum atomic E-state index is 13.1. The second-order valence-corrected chi connectivity index (χ2v) is 9.74. The molecule has 0 atom stereocenters. The van der Waals surface area contributed by atoms with Crippen LogP contribution in [0.15, 0.2) is 67.0 Å². The summed E-state index contributed by atoms with van der Waals surface area (Å²) in [6.07, 6.45) is -2.83. The average Bonchev–Trinajstić information content (AvgIpc) is 3.39. The number of aromatic nitrogens is 4. The minimum atomic E-state index is -4.41. The van der Waals surface area contributed by atoms with E-state index in [1.165, 1.54) is 33.5 Å². The van der Waals surface area contributed by atoms with Gasteiger partial charge in [0, 0.05) is 43.3 Å². The van der Waals surface area contributed by atoms with E-state index in [1.54, 1.807) is 23.0 Å². The Balaban J connectivity index is 1.57. The molecule has 0 amide bonds. The van der Waals surface area contributed by atoms with Crippen LogP contribution in [0.25, 0.3) is 11.2 Å². The van der Waals surface area contributed by atoms with Gasteiger partial charge in [-0.1, -0.05) is 18.2 Å². The number of fused-ring (bicyclic) bond motifs is 1. The van der Waals surface area contributed by atoms with Crippen molar-refractivity contribution in [1.82, 2.24) is 19.5 Å². The molecule has 0 fully saturated rings. The van der Waals surface area contributed by atoms with Gasteiger partial charge in [-0.3, -0.25) is 0 Å². The zero-order valence-electron chi connectivity index (χ0n) is 24.2. The molecule has 43 heavy (non-hydrogen) atoms. The first-order valence-electron chi connectivity index (χ1n) is 13.1. The van der Waals surface area contributed by atoms with Crippen molar-refractivity contribution in [3.63, 3.8) is 0 Å². The maximum absolute atomic E-state index is 13.1. The zero-order chi connectivity index (χ0) is 30.7. The van der Waals surface area contributed by atoms with Crippen molar-refractivity contribution in [1.29, 1.82) is 0 Å². The highest BCUT2D eigenvalue weighted by Gasteiger charge is 2.30. The second-order valence-electron chi connectivity index (χ2n) is 9.74. The molecule has 224 valence electrons. The molecular formula is C30H30F3N7O3. The van der Waals surface area contributed by atoms with Crippen LogP contribution < -0.4 is 29.7 Å². The topological polar surface area (TPSA) is 98.6 Å². The summed E-state index contributed by atoms with van der Waals surface area (Å²) in [4.78, 5) is 16.0. The number of ether oxygens (including phenoxy) is 3. The van der Waals surface area contributed by atoms with E-state index >= 15 is 0 Å². The van der Waals surface area contributed by atoms with Gasteiger partial charge < -0.3 is 34.3 Å². The summed E-state index contributed by atoms with van der Waals surface area (Å²) < 4.78 is 57.4. The summed E-state index contributed by atoms with van der Waals surface area (Å²) in [5.74, 6) is 2.00. The Labute approximate surface area is 246 Å². The predicted octanol–water partition coefficient (Wildman–Crippen LogP) is 6.47. The van der Waals surface area contributed by atoms with Crippen molar-refractivity contribution < 1.29 is 27.4 Å². The van der Waals surface area contributed by atoms with Crippen LogP contribution in [0.5, 0.6) is 17.2 Å². The molecule has 0 radical (unpaired) electrons. The molecule has 2 aromatic heterocycles. The summed E-state index contributed by atoms with van der Waals surface area (Å²) in [5, 5.41) is 6.55. The van der Waals surface area contributed by atoms with Gasteiger partial charge in [-0.2, -0.15) is 23.1 Å². The van der Waals surface area contributed by atoms with Crippen molar-refractivity contribution in [3.05, 3.63) is 78.1 Å². The van der Waals surface area contributed by atoms with Gasteiger partial charge in [-0.15, -0.1) is 0 Å². The molecular weight excluding hydrogens is 563 g/mol. The Morgan fingerprint density at radius 3 is 2.14 bits per heavy atom. The molecule has 13 heteroatoms. The average molecular weight is 594 g/mol. The van der Waals surface area contributed by atoms with E-state index in [-0.39, 0.29) is 12.5 Å². The molecule has 0 saturated carbocycles. The van der Waals surface area contributed by atoms with Crippen molar-refractivity contribution >= 4 is 40.0 Å². The van der Waals surface area contributed by atoms with Crippen molar-refractivity contribution in [2.45, 2.75) is 12.7 Å². The summed E-state index contributed by atoms with van der Waals surface area (Å²) in [7, 11) is 8.46. The van der Waals surface area contributed by atoms with Crippen LogP contribution in [0.4, 0.5) is 42.0 Å². The number of hydrogen-bond acceptors (Lipinski definition) is 9. The quantitative estimate of drug-likeness (QED) is 0.189. The third kappa shape index (κ3) is 6.35. The molecule has 0 saturated heterocycles. The number of anilines is 5. The Hall–Kier alpha value is -5.20. The Morgan fingerprint density at radius 2 is 1.53 bits per heavy atom. The minimum absolute atomic E-state index is 0.241. The van der Waals surface area contributed by atoms with E-state index in [9.17, 15) is 13.2 Å². The van der Waals surface area contributed by atoms with E-state index in [1.807, 2.05) is 43.3 Å². The Kier molecular flexibility index (Phi) is 8.15. The van der Waals surface area contributed by atoms with Crippen LogP contribution in [0, 0.1) is 0 Å². The van der Waals surface area contributed by atoms with Gasteiger partial charge in [-0.05, 0) is 35.9 Å². The Bertz CT molecular complexity index is 1710. The molecule has 0 unspecified atom stereocenters. The highest BCUT2D eigenvalue weighted by molar-refractivity contribution is 5.87. The van der Waals surface area contributed by atoms with Gasteiger partial charge in [0.2, 0.25) is 11.7 Å². The molecule has 0 aliphatic rings. The lowest BCUT2D eigenvalue weighted by Gasteiger charge is -2.16. The van der Waals surface area contributed by atoms with Gasteiger partial charge in [0.25, 0.3) is 0 Å². The van der Waals surface area contributed by atoms with Gasteiger partial charge in [-0.25, -0.2) is 4.98 Å². The number of nitrogens with zero attached hydrogens (tertiary/aromatic N) is 5. The summed E-state index contributed by atoms with van der Waals surface area (Å²) in [6.45, 7) is 0.241. The second kappa shape index (κ2) is 12.0. The molecule has 0 bridgehead atoms. The van der Waals surface area contributed by atoms with E-state index in [0.717, 1.165) is 23.5 Å². The van der Waals surface area contributed by atoms with Crippen molar-refractivity contribution in [3.8, 4) is 17.2 Å². The van der Waals surface area contributed by atoms with E-state index in [0.29, 0.717) is 45.5 Å². The fourth-order valence-corrected chi connectivity index (χ4v) is 4.48. The van der Waals surface area contributed by atoms with Crippen LogP contribution >= 0.6 is 0 Å². The maximum Gasteiger partial charge on any atom is 0.416 e. The number of halogens is 3. The van der Waals surface area contributed by atoms with Crippen LogP contribution in [0.2, 0.25) is 0 Å². The molecule has 0 aliphatic heterocycles. The van der Waals surface area contributed by atoms with Crippen LogP contribution in [0.1, 0.15) is 11.1 Å². The third-order valence-electron chi connectivity index (χ3n) is 6.64. The fraction of sp³-hybridized carbons (Fsp3) is 0.233. The molecule has 10 nitrogen and oxygen atoms in total. The molecule has 5 rings (SSSR count). The van der Waals surface area contributed by atoms with E-state index in [2.05, 4.69) is 15.6 Å². The van der Waals surface area contributed by atoms with E-state index in [4.69, 9.17) is 24.2 Å². The first-order chi connectivity index (χ1) is 20.6. The molecule has 2 N–H and O–H groups in total. The van der Waals surface area contributed by atoms with Gasteiger partial charge in [0.05, 0.1) is 39.8 Å². The third-order valence-corrected chi connectivity index (χ3v) is 6.64. The molecule has 5 aromatic rings. The number of rotatable bonds is 10. The zero-order valence-corrected chi connectivity index (χ0v) is 24.2. The fourth-order valence-electron chi connectivity index (χ4n) is 4.48. The highest BCUT2D eigenvalue weighted by Crippen LogP contribution is 2.41. The van der Waals surface area contributed by atoms with Crippen LogP contribution in [0.3, 0.4) is 0 Å². The first-order valence-corrected chi connectivity index (χ1v) is 13.1. The van der Waals surface area contributed by atoms with E-state index < -0.39 is 11.7 Å².